The van der Waals surface area contributed by atoms with Gasteiger partial charge in [-0.1, -0.05) is 23.2 Å². The van der Waals surface area contributed by atoms with Crippen LogP contribution in [0.25, 0.3) is 0 Å². The van der Waals surface area contributed by atoms with Crippen molar-refractivity contribution in [3.05, 3.63) is 115 Å². The molecule has 0 saturated heterocycles. The molecule has 4 rings (SSSR count). The number of nitrogens with zero attached hydrogens (tertiary/aromatic N) is 4. The van der Waals surface area contributed by atoms with Crippen LogP contribution < -0.4 is 20.1 Å². The first kappa shape index (κ1) is 33.2. The average molecular weight is 643 g/mol. The third kappa shape index (κ3) is 9.34. The van der Waals surface area contributed by atoms with Gasteiger partial charge in [0, 0.05) is 60.9 Å². The van der Waals surface area contributed by atoms with Gasteiger partial charge in [0.1, 0.15) is 11.5 Å². The number of nitrogens with one attached hydrogen (secondary N) is 2. The van der Waals surface area contributed by atoms with Gasteiger partial charge in [-0.3, -0.25) is 39.8 Å². The van der Waals surface area contributed by atoms with Crippen LogP contribution >= 0.6 is 23.2 Å². The smallest absolute Gasteiger partial charge is 0.312 e. The quantitative estimate of drug-likeness (QED) is 0.145. The van der Waals surface area contributed by atoms with E-state index < -0.39 is 9.85 Å². The second kappa shape index (κ2) is 15.8. The van der Waals surface area contributed by atoms with E-state index in [1.54, 1.807) is 13.8 Å². The lowest BCUT2D eigenvalue weighted by atomic mass is 10.1. The Morgan fingerprint density at radius 1 is 0.705 bits per heavy atom. The molecule has 0 atom stereocenters. The third-order valence-corrected chi connectivity index (χ3v) is 5.74. The summed E-state index contributed by atoms with van der Waals surface area (Å²) in [5, 5.41) is 28.2. The van der Waals surface area contributed by atoms with Crippen molar-refractivity contribution in [2.75, 3.05) is 13.1 Å². The van der Waals surface area contributed by atoms with Gasteiger partial charge < -0.3 is 20.1 Å². The molecule has 14 nitrogen and oxygen atoms in total. The van der Waals surface area contributed by atoms with E-state index in [9.17, 15) is 29.8 Å². The highest BCUT2D eigenvalue weighted by Crippen LogP contribution is 2.34. The van der Waals surface area contributed by atoms with Crippen molar-refractivity contribution < 1.29 is 28.9 Å². The van der Waals surface area contributed by atoms with E-state index in [2.05, 4.69) is 20.6 Å². The normalized spacial score (nSPS) is 10.1. The zero-order valence-electron chi connectivity index (χ0n) is 23.2. The number of hydrogen-bond acceptors (Lipinski definition) is 10. The summed E-state index contributed by atoms with van der Waals surface area (Å²) >= 11 is 11.6. The van der Waals surface area contributed by atoms with Crippen molar-refractivity contribution in [3.63, 3.8) is 0 Å². The monoisotopic (exact) mass is 642 g/mol. The number of halogens is 2. The molecular weight excluding hydrogens is 619 g/mol. The van der Waals surface area contributed by atoms with Crippen LogP contribution in [0.5, 0.6) is 23.0 Å². The van der Waals surface area contributed by atoms with Crippen molar-refractivity contribution >= 4 is 46.4 Å². The van der Waals surface area contributed by atoms with Crippen molar-refractivity contribution in [3.8, 4) is 23.0 Å². The fourth-order valence-electron chi connectivity index (χ4n) is 3.45. The van der Waals surface area contributed by atoms with Gasteiger partial charge in [-0.15, -0.1) is 0 Å². The zero-order chi connectivity index (χ0) is 32.2. The van der Waals surface area contributed by atoms with E-state index in [0.29, 0.717) is 23.1 Å². The third-order valence-electron chi connectivity index (χ3n) is 5.33. The van der Waals surface area contributed by atoms with Gasteiger partial charge in [-0.2, -0.15) is 0 Å². The minimum absolute atomic E-state index is 0.00196. The van der Waals surface area contributed by atoms with Gasteiger partial charge in [0.15, 0.2) is 0 Å². The van der Waals surface area contributed by atoms with Crippen LogP contribution in [0.1, 0.15) is 34.6 Å². The molecular formula is C28H24Cl2N6O8. The van der Waals surface area contributed by atoms with Crippen LogP contribution in [0.2, 0.25) is 10.0 Å². The number of amides is 2. The first-order chi connectivity index (χ1) is 21.0. The maximum atomic E-state index is 11.7. The zero-order valence-corrected chi connectivity index (χ0v) is 24.7. The van der Waals surface area contributed by atoms with Crippen molar-refractivity contribution in [1.82, 2.24) is 20.6 Å². The highest BCUT2D eigenvalue weighted by Gasteiger charge is 2.21. The van der Waals surface area contributed by atoms with Crippen LogP contribution in [-0.4, -0.2) is 44.7 Å². The summed E-state index contributed by atoms with van der Waals surface area (Å²) in [6, 6.07) is 10.9. The Kier molecular flexibility index (Phi) is 11.9. The molecule has 0 bridgehead atoms. The highest BCUT2D eigenvalue weighted by atomic mass is 35.5. The standard InChI is InChI=1S/2C14H12ClN3O4/c2*1-2-17-14(19)9-3-4-13(12(5-9)18(20)21)22-11-6-10(15)7-16-8-11/h2*3-8H,2H2,1H3,(H,17,19). The molecule has 0 aliphatic heterocycles. The van der Waals surface area contributed by atoms with Crippen LogP contribution in [0.4, 0.5) is 11.4 Å². The van der Waals surface area contributed by atoms with Crippen LogP contribution in [0.15, 0.2) is 73.3 Å². The number of benzene rings is 2. The molecule has 0 fully saturated rings. The summed E-state index contributed by atoms with van der Waals surface area (Å²) in [5.74, 6) is -0.241. The Morgan fingerprint density at radius 3 is 1.41 bits per heavy atom. The van der Waals surface area contributed by atoms with Gasteiger partial charge in [-0.25, -0.2) is 0 Å². The molecule has 2 N–H and O–H groups in total. The van der Waals surface area contributed by atoms with Gasteiger partial charge in [0.25, 0.3) is 11.8 Å². The first-order valence-corrected chi connectivity index (χ1v) is 13.5. The van der Waals surface area contributed by atoms with Crippen molar-refractivity contribution in [2.24, 2.45) is 0 Å². The number of ether oxygens (including phenoxy) is 2. The van der Waals surface area contributed by atoms with E-state index in [0.717, 1.165) is 12.1 Å². The number of nitro benzene ring substituents is 2. The summed E-state index contributed by atoms with van der Waals surface area (Å²) in [4.78, 5) is 52.2. The summed E-state index contributed by atoms with van der Waals surface area (Å²) < 4.78 is 10.9. The fourth-order valence-corrected chi connectivity index (χ4v) is 3.78. The van der Waals surface area contributed by atoms with E-state index in [-0.39, 0.29) is 57.3 Å². The summed E-state index contributed by atoms with van der Waals surface area (Å²) in [5.41, 5.74) is -0.261. The Morgan fingerprint density at radius 2 is 1.09 bits per heavy atom. The van der Waals surface area contributed by atoms with E-state index >= 15 is 0 Å². The Labute approximate surface area is 260 Å². The van der Waals surface area contributed by atoms with Crippen molar-refractivity contribution in [2.45, 2.75) is 13.8 Å². The second-order valence-corrected chi connectivity index (χ2v) is 9.35. The maximum absolute atomic E-state index is 11.7. The van der Waals surface area contributed by atoms with Gasteiger partial charge in [0.2, 0.25) is 11.5 Å². The SMILES string of the molecule is CCNC(=O)c1ccc(Oc2cncc(Cl)c2)c([N+](=O)[O-])c1.CCNC(=O)c1ccc(Oc2cncc(Cl)c2)c([N+](=O)[O-])c1. The van der Waals surface area contributed by atoms with Gasteiger partial charge in [-0.05, 0) is 38.1 Å². The van der Waals surface area contributed by atoms with Crippen LogP contribution in [0.3, 0.4) is 0 Å². The van der Waals surface area contributed by atoms with E-state index in [4.69, 9.17) is 32.7 Å². The molecule has 0 saturated carbocycles. The number of carbonyl (C=O) groups excluding carboxylic acids is 2. The largest absolute Gasteiger partial charge is 0.448 e. The number of nitro groups is 2. The number of rotatable bonds is 10. The molecule has 228 valence electrons. The predicted octanol–water partition coefficient (Wildman–Crippen LogP) is 6.37. The van der Waals surface area contributed by atoms with Gasteiger partial charge >= 0.3 is 11.4 Å². The summed E-state index contributed by atoms with van der Waals surface area (Å²) in [6.07, 6.45) is 5.60. The molecule has 4 aromatic rings. The first-order valence-electron chi connectivity index (χ1n) is 12.7. The molecule has 0 unspecified atom stereocenters. The molecule has 0 radical (unpaired) electrons. The topological polar surface area (TPSA) is 189 Å². The maximum Gasteiger partial charge on any atom is 0.312 e. The fraction of sp³-hybridized carbons (Fsp3) is 0.143. The Bertz CT molecular complexity index is 1560. The number of carbonyl (C=O) groups is 2. The predicted molar refractivity (Wildman–Crippen MR) is 161 cm³/mol. The molecule has 2 aromatic carbocycles. The lowest BCUT2D eigenvalue weighted by Crippen LogP contribution is -2.22. The van der Waals surface area contributed by atoms with E-state index in [1.165, 1.54) is 61.2 Å². The molecule has 0 aliphatic rings. The molecule has 0 aliphatic carbocycles. The van der Waals surface area contributed by atoms with E-state index in [1.807, 2.05) is 0 Å². The molecule has 44 heavy (non-hydrogen) atoms. The molecule has 2 amide bonds. The molecule has 2 heterocycles. The lowest BCUT2D eigenvalue weighted by molar-refractivity contribution is -0.385. The highest BCUT2D eigenvalue weighted by molar-refractivity contribution is 6.30. The van der Waals surface area contributed by atoms with Crippen molar-refractivity contribution in [1.29, 1.82) is 0 Å². The van der Waals surface area contributed by atoms with Crippen LogP contribution in [-0.2, 0) is 0 Å². The minimum atomic E-state index is -0.615. The summed E-state index contributed by atoms with van der Waals surface area (Å²) in [6.45, 7) is 4.38. The number of pyridine rings is 2. The number of hydrogen-bond donors (Lipinski definition) is 2. The van der Waals surface area contributed by atoms with Crippen LogP contribution in [0, 0.1) is 20.2 Å². The van der Waals surface area contributed by atoms with Gasteiger partial charge in [0.05, 0.1) is 32.3 Å². The second-order valence-electron chi connectivity index (χ2n) is 8.48. The average Bonchev–Trinajstić information content (AvgIpc) is 2.98. The molecule has 0 spiro atoms. The Balaban J connectivity index is 0.000000240. The molecule has 16 heteroatoms. The lowest BCUT2D eigenvalue weighted by Gasteiger charge is -2.08. The minimum Gasteiger partial charge on any atom is -0.448 e. The number of aromatic nitrogens is 2. The Hall–Kier alpha value is -5.34. The molecule has 2 aromatic heterocycles. The summed E-state index contributed by atoms with van der Waals surface area (Å²) in [7, 11) is 0.